The Hall–Kier alpha value is -1.74. The van der Waals surface area contributed by atoms with Crippen molar-refractivity contribution in [1.82, 2.24) is 29.0 Å². The van der Waals surface area contributed by atoms with Crippen LogP contribution in [-0.4, -0.2) is 32.7 Å². The van der Waals surface area contributed by atoms with Gasteiger partial charge in [0.25, 0.3) is 10.0 Å². The lowest BCUT2D eigenvalue weighted by molar-refractivity contribution is 0.399. The Balaban J connectivity index is 1.84. The quantitative estimate of drug-likeness (QED) is 0.904. The summed E-state index contributed by atoms with van der Waals surface area (Å²) in [5.74, 6) is 0.660. The van der Waals surface area contributed by atoms with Gasteiger partial charge in [0.2, 0.25) is 0 Å². The Kier molecular flexibility index (Phi) is 3.54. The van der Waals surface area contributed by atoms with Crippen LogP contribution in [-0.2, 0) is 16.6 Å². The summed E-state index contributed by atoms with van der Waals surface area (Å²) >= 11 is 0. The topological polar surface area (TPSA) is 94.7 Å². The molecule has 1 N–H and O–H groups in total. The first-order chi connectivity index (χ1) is 9.97. The minimum Gasteiger partial charge on any atom is -0.334 e. The van der Waals surface area contributed by atoms with E-state index in [1.54, 1.807) is 15.4 Å². The lowest BCUT2D eigenvalue weighted by atomic mass is 10.1. The lowest BCUT2D eigenvalue weighted by Crippen LogP contribution is -2.33. The van der Waals surface area contributed by atoms with E-state index in [2.05, 4.69) is 19.8 Å². The number of imidazole rings is 1. The molecule has 0 amide bonds. The van der Waals surface area contributed by atoms with Crippen LogP contribution in [0.2, 0.25) is 0 Å². The molecular formula is C12H18N6O2S. The van der Waals surface area contributed by atoms with Crippen LogP contribution in [0.5, 0.6) is 0 Å². The second-order valence-corrected chi connectivity index (χ2v) is 7.07. The van der Waals surface area contributed by atoms with Crippen LogP contribution >= 0.6 is 0 Å². The van der Waals surface area contributed by atoms with Crippen molar-refractivity contribution < 1.29 is 8.42 Å². The molecule has 0 aromatic carbocycles. The molecule has 2 aromatic heterocycles. The van der Waals surface area contributed by atoms with Crippen LogP contribution in [0.15, 0.2) is 23.9 Å². The summed E-state index contributed by atoms with van der Waals surface area (Å²) in [5.41, 5.74) is 0. The van der Waals surface area contributed by atoms with Crippen LogP contribution in [0.4, 0.5) is 0 Å². The van der Waals surface area contributed by atoms with Gasteiger partial charge in [-0.2, -0.15) is 9.82 Å². The highest BCUT2D eigenvalue weighted by Crippen LogP contribution is 2.24. The summed E-state index contributed by atoms with van der Waals surface area (Å²) < 4.78 is 31.0. The molecule has 0 spiro atoms. The molecule has 0 saturated heterocycles. The average Bonchev–Trinajstić information content (AvgIpc) is 3.08. The highest BCUT2D eigenvalue weighted by Gasteiger charge is 2.28. The van der Waals surface area contributed by atoms with Gasteiger partial charge in [0.1, 0.15) is 12.2 Å². The molecule has 0 aliphatic carbocycles. The van der Waals surface area contributed by atoms with Crippen molar-refractivity contribution in [3.05, 3.63) is 24.7 Å². The molecule has 0 bridgehead atoms. The van der Waals surface area contributed by atoms with Gasteiger partial charge in [-0.05, 0) is 26.7 Å². The Bertz CT molecular complexity index is 733. The summed E-state index contributed by atoms with van der Waals surface area (Å²) in [6.45, 7) is 4.71. The fourth-order valence-electron chi connectivity index (χ4n) is 2.39. The number of rotatable bonds is 4. The number of nitrogens with zero attached hydrogens (tertiary/aromatic N) is 5. The molecule has 0 radical (unpaired) electrons. The second kappa shape index (κ2) is 5.23. The number of aromatic nitrogens is 5. The first-order valence-electron chi connectivity index (χ1n) is 6.91. The lowest BCUT2D eigenvalue weighted by Gasteiger charge is -2.22. The third kappa shape index (κ3) is 2.70. The molecule has 114 valence electrons. The predicted molar refractivity (Wildman–Crippen MR) is 74.9 cm³/mol. The second-order valence-electron chi connectivity index (χ2n) is 5.41. The molecule has 0 saturated carbocycles. The van der Waals surface area contributed by atoms with Gasteiger partial charge in [-0.15, -0.1) is 0 Å². The van der Waals surface area contributed by atoms with Crippen LogP contribution < -0.4 is 4.72 Å². The van der Waals surface area contributed by atoms with Crippen LogP contribution in [0.3, 0.4) is 0 Å². The molecule has 2 aromatic rings. The normalized spacial score (nSPS) is 18.9. The number of sulfonamides is 1. The number of hydrogen-bond donors (Lipinski definition) is 1. The van der Waals surface area contributed by atoms with Crippen molar-refractivity contribution in [3.63, 3.8) is 0 Å². The van der Waals surface area contributed by atoms with E-state index in [1.165, 1.54) is 12.7 Å². The maximum atomic E-state index is 12.4. The van der Waals surface area contributed by atoms with Crippen LogP contribution in [0.1, 0.15) is 44.6 Å². The van der Waals surface area contributed by atoms with Gasteiger partial charge in [-0.1, -0.05) is 0 Å². The van der Waals surface area contributed by atoms with E-state index in [0.717, 1.165) is 13.0 Å². The van der Waals surface area contributed by atoms with Crippen molar-refractivity contribution in [3.8, 4) is 0 Å². The summed E-state index contributed by atoms with van der Waals surface area (Å²) in [6.07, 6.45) is 6.10. The van der Waals surface area contributed by atoms with Gasteiger partial charge in [0.15, 0.2) is 5.03 Å². The zero-order valence-electron chi connectivity index (χ0n) is 12.0. The smallest absolute Gasteiger partial charge is 0.260 e. The average molecular weight is 310 g/mol. The fraction of sp³-hybridized carbons (Fsp3) is 0.583. The first-order valence-corrected chi connectivity index (χ1v) is 8.39. The SMILES string of the molecule is CC(C)n1cnc(S(=O)(=O)N[C@@H]2CCCn3ncnc32)c1. The largest absolute Gasteiger partial charge is 0.334 e. The third-order valence-electron chi connectivity index (χ3n) is 3.57. The van der Waals surface area contributed by atoms with Crippen molar-refractivity contribution in [2.75, 3.05) is 0 Å². The van der Waals surface area contributed by atoms with Gasteiger partial charge in [-0.25, -0.2) is 23.1 Å². The molecule has 0 fully saturated rings. The molecule has 8 nitrogen and oxygen atoms in total. The van der Waals surface area contributed by atoms with E-state index in [-0.39, 0.29) is 17.1 Å². The minimum atomic E-state index is -3.66. The number of fused-ring (bicyclic) bond motifs is 1. The monoisotopic (exact) mass is 310 g/mol. The number of aryl methyl sites for hydroxylation is 1. The Morgan fingerprint density at radius 3 is 2.90 bits per heavy atom. The summed E-state index contributed by atoms with van der Waals surface area (Å²) in [7, 11) is -3.66. The van der Waals surface area contributed by atoms with Gasteiger partial charge in [0.05, 0.1) is 12.4 Å². The van der Waals surface area contributed by atoms with Crippen molar-refractivity contribution >= 4 is 10.0 Å². The predicted octanol–water partition coefficient (Wildman–Crippen LogP) is 0.869. The first kappa shape index (κ1) is 14.2. The van der Waals surface area contributed by atoms with Gasteiger partial charge in [0, 0.05) is 18.8 Å². The molecule has 21 heavy (non-hydrogen) atoms. The highest BCUT2D eigenvalue weighted by atomic mass is 32.2. The summed E-state index contributed by atoms with van der Waals surface area (Å²) in [4.78, 5) is 8.14. The molecular weight excluding hydrogens is 292 g/mol. The summed E-state index contributed by atoms with van der Waals surface area (Å²) in [5, 5.41) is 4.12. The molecule has 3 heterocycles. The Morgan fingerprint density at radius 1 is 1.38 bits per heavy atom. The Labute approximate surface area is 123 Å². The van der Waals surface area contributed by atoms with Gasteiger partial charge in [-0.3, -0.25) is 0 Å². The Morgan fingerprint density at radius 2 is 2.19 bits per heavy atom. The van der Waals surface area contributed by atoms with E-state index in [9.17, 15) is 8.42 Å². The van der Waals surface area contributed by atoms with Crippen molar-refractivity contribution in [2.24, 2.45) is 0 Å². The molecule has 1 aliphatic heterocycles. The van der Waals surface area contributed by atoms with Crippen molar-refractivity contribution in [2.45, 2.75) is 50.3 Å². The fourth-order valence-corrected chi connectivity index (χ4v) is 3.55. The molecule has 3 rings (SSSR count). The van der Waals surface area contributed by atoms with Gasteiger partial charge >= 0.3 is 0 Å². The maximum absolute atomic E-state index is 12.4. The van der Waals surface area contributed by atoms with Crippen molar-refractivity contribution in [1.29, 1.82) is 0 Å². The van der Waals surface area contributed by atoms with Gasteiger partial charge < -0.3 is 4.57 Å². The molecule has 9 heteroatoms. The molecule has 0 unspecified atom stereocenters. The minimum absolute atomic E-state index is 0.0350. The maximum Gasteiger partial charge on any atom is 0.260 e. The number of nitrogens with one attached hydrogen (secondary N) is 1. The zero-order valence-corrected chi connectivity index (χ0v) is 12.8. The van der Waals surface area contributed by atoms with Crippen LogP contribution in [0.25, 0.3) is 0 Å². The van der Waals surface area contributed by atoms with E-state index < -0.39 is 10.0 Å². The third-order valence-corrected chi connectivity index (χ3v) is 4.92. The van der Waals surface area contributed by atoms with E-state index in [1.807, 2.05) is 13.8 Å². The number of hydrogen-bond acceptors (Lipinski definition) is 5. The zero-order chi connectivity index (χ0) is 15.0. The highest BCUT2D eigenvalue weighted by molar-refractivity contribution is 7.89. The van der Waals surface area contributed by atoms with Crippen LogP contribution in [0, 0.1) is 0 Å². The van der Waals surface area contributed by atoms with E-state index in [0.29, 0.717) is 12.2 Å². The van der Waals surface area contributed by atoms with E-state index in [4.69, 9.17) is 0 Å². The van der Waals surface area contributed by atoms with E-state index >= 15 is 0 Å². The molecule has 1 aliphatic rings. The molecule has 1 atom stereocenters. The summed E-state index contributed by atoms with van der Waals surface area (Å²) in [6, 6.07) is -0.185. The standard InChI is InChI=1S/C12H18N6O2S/c1-9(2)17-6-11(14-8-17)21(19,20)16-10-4-3-5-18-12(10)13-7-15-18/h6-10,16H,3-5H2,1-2H3/t10-/m1/s1.